The minimum Gasteiger partial charge on any atom is -0.497 e. The van der Waals surface area contributed by atoms with Gasteiger partial charge in [-0.1, -0.05) is 31.2 Å². The van der Waals surface area contributed by atoms with E-state index in [4.69, 9.17) is 9.47 Å². The van der Waals surface area contributed by atoms with E-state index in [0.717, 1.165) is 35.1 Å². The van der Waals surface area contributed by atoms with Crippen LogP contribution in [0.1, 0.15) is 36.5 Å². The van der Waals surface area contributed by atoms with Crippen LogP contribution in [-0.4, -0.2) is 37.6 Å². The summed E-state index contributed by atoms with van der Waals surface area (Å²) in [5.74, 6) is 2.29. The fraction of sp³-hybridized carbons (Fsp3) is 0.480. The molecule has 2 aliphatic rings. The Labute approximate surface area is 179 Å². The lowest BCUT2D eigenvalue weighted by atomic mass is 9.95. The molecule has 1 saturated heterocycles. The van der Waals surface area contributed by atoms with Crippen molar-refractivity contribution in [3.63, 3.8) is 0 Å². The summed E-state index contributed by atoms with van der Waals surface area (Å²) >= 11 is 0. The number of piperidine rings is 1. The molecule has 5 nitrogen and oxygen atoms in total. The number of carbonyl (C=O) groups is 1. The van der Waals surface area contributed by atoms with Crippen LogP contribution in [0.5, 0.6) is 11.5 Å². The first kappa shape index (κ1) is 20.7. The quantitative estimate of drug-likeness (QED) is 0.790. The van der Waals surface area contributed by atoms with E-state index in [9.17, 15) is 4.79 Å². The molecule has 4 rings (SSSR count). The maximum absolute atomic E-state index is 12.7. The number of ether oxygens (including phenoxy) is 2. The molecule has 0 radical (unpaired) electrons. The number of likely N-dealkylation sites (tertiary alicyclic amines) is 1. The minimum atomic E-state index is -0.176. The maximum atomic E-state index is 12.7. The summed E-state index contributed by atoms with van der Waals surface area (Å²) < 4.78 is 11.1. The Kier molecular flexibility index (Phi) is 6.58. The van der Waals surface area contributed by atoms with Gasteiger partial charge in [0.2, 0.25) is 5.91 Å². The lowest BCUT2D eigenvalue weighted by Gasteiger charge is -2.30. The van der Waals surface area contributed by atoms with Gasteiger partial charge in [-0.3, -0.25) is 9.69 Å². The highest BCUT2D eigenvalue weighted by atomic mass is 16.5. The van der Waals surface area contributed by atoms with Crippen molar-refractivity contribution in [2.45, 2.75) is 39.3 Å². The van der Waals surface area contributed by atoms with E-state index < -0.39 is 0 Å². The number of nitrogens with one attached hydrogen (secondary N) is 1. The summed E-state index contributed by atoms with van der Waals surface area (Å²) in [4.78, 5) is 15.2. The number of hydrogen-bond donors (Lipinski definition) is 1. The second-order valence-corrected chi connectivity index (χ2v) is 8.70. The molecule has 5 heteroatoms. The molecule has 2 unspecified atom stereocenters. The molecule has 2 aromatic rings. The number of methoxy groups -OCH3 is 1. The average Bonchev–Trinajstić information content (AvgIpc) is 2.77. The summed E-state index contributed by atoms with van der Waals surface area (Å²) in [6.07, 6.45) is 3.32. The van der Waals surface area contributed by atoms with Crippen LogP contribution in [0, 0.1) is 11.8 Å². The van der Waals surface area contributed by atoms with Gasteiger partial charge in [-0.25, -0.2) is 0 Å². The number of amides is 1. The van der Waals surface area contributed by atoms with E-state index in [1.807, 2.05) is 18.2 Å². The van der Waals surface area contributed by atoms with Gasteiger partial charge in [0.05, 0.1) is 13.0 Å². The van der Waals surface area contributed by atoms with Gasteiger partial charge in [0, 0.05) is 19.6 Å². The molecule has 2 aliphatic heterocycles. The molecule has 1 N–H and O–H groups in total. The SMILES string of the molecule is COc1ccc2c(c1)CC(C(=O)NCc1ccc(CN3CCCC(C)C3)cc1)CO2. The van der Waals surface area contributed by atoms with Gasteiger partial charge in [0.1, 0.15) is 18.1 Å². The molecule has 0 saturated carbocycles. The number of hydrogen-bond acceptors (Lipinski definition) is 4. The molecule has 30 heavy (non-hydrogen) atoms. The van der Waals surface area contributed by atoms with Crippen LogP contribution in [0.4, 0.5) is 0 Å². The monoisotopic (exact) mass is 408 g/mol. The zero-order chi connectivity index (χ0) is 20.9. The zero-order valence-electron chi connectivity index (χ0n) is 18.0. The Hall–Kier alpha value is -2.53. The standard InChI is InChI=1S/C25H32N2O3/c1-18-4-3-11-27(15-18)16-20-7-5-19(6-8-20)14-26-25(28)22-12-21-13-23(29-2)9-10-24(21)30-17-22/h5-10,13,18,22H,3-4,11-12,14-17H2,1-2H3,(H,26,28). The second-order valence-electron chi connectivity index (χ2n) is 8.70. The van der Waals surface area contributed by atoms with E-state index in [2.05, 4.69) is 41.4 Å². The zero-order valence-corrected chi connectivity index (χ0v) is 18.0. The van der Waals surface area contributed by atoms with Gasteiger partial charge in [0.25, 0.3) is 0 Å². The highest BCUT2D eigenvalue weighted by molar-refractivity contribution is 5.79. The second kappa shape index (κ2) is 9.52. The molecule has 0 spiro atoms. The summed E-state index contributed by atoms with van der Waals surface area (Å²) in [7, 11) is 1.65. The molecule has 1 fully saturated rings. The van der Waals surface area contributed by atoms with E-state index in [0.29, 0.717) is 19.6 Å². The first-order chi connectivity index (χ1) is 14.6. The fourth-order valence-corrected chi connectivity index (χ4v) is 4.45. The van der Waals surface area contributed by atoms with Crippen molar-refractivity contribution in [2.75, 3.05) is 26.8 Å². The Morgan fingerprint density at radius 3 is 2.77 bits per heavy atom. The number of carbonyl (C=O) groups excluding carboxylic acids is 1. The van der Waals surface area contributed by atoms with Gasteiger partial charge in [-0.15, -0.1) is 0 Å². The van der Waals surface area contributed by atoms with Crippen molar-refractivity contribution in [2.24, 2.45) is 11.8 Å². The predicted molar refractivity (Wildman–Crippen MR) is 118 cm³/mol. The fourth-order valence-electron chi connectivity index (χ4n) is 4.45. The largest absolute Gasteiger partial charge is 0.497 e. The topological polar surface area (TPSA) is 50.8 Å². The van der Waals surface area contributed by atoms with Crippen molar-refractivity contribution in [1.29, 1.82) is 0 Å². The number of fused-ring (bicyclic) bond motifs is 1. The highest BCUT2D eigenvalue weighted by Gasteiger charge is 2.26. The van der Waals surface area contributed by atoms with Gasteiger partial charge < -0.3 is 14.8 Å². The van der Waals surface area contributed by atoms with Crippen LogP contribution in [0.3, 0.4) is 0 Å². The molecule has 2 atom stereocenters. The Bertz CT molecular complexity index is 865. The van der Waals surface area contributed by atoms with E-state index in [1.165, 1.54) is 31.5 Å². The van der Waals surface area contributed by atoms with Gasteiger partial charge >= 0.3 is 0 Å². The van der Waals surface area contributed by atoms with Crippen LogP contribution in [-0.2, 0) is 24.3 Å². The van der Waals surface area contributed by atoms with E-state index >= 15 is 0 Å². The molecular weight excluding hydrogens is 376 g/mol. The summed E-state index contributed by atoms with van der Waals surface area (Å²) in [6, 6.07) is 14.4. The third-order valence-electron chi connectivity index (χ3n) is 6.18. The van der Waals surface area contributed by atoms with Crippen molar-refractivity contribution in [3.8, 4) is 11.5 Å². The maximum Gasteiger partial charge on any atom is 0.227 e. The number of benzene rings is 2. The third kappa shape index (κ3) is 5.14. The summed E-state index contributed by atoms with van der Waals surface area (Å²) in [6.45, 7) is 6.69. The van der Waals surface area contributed by atoms with Crippen molar-refractivity contribution in [3.05, 3.63) is 59.2 Å². The normalized spacial score (nSPS) is 21.4. The molecule has 2 aromatic carbocycles. The third-order valence-corrected chi connectivity index (χ3v) is 6.18. The smallest absolute Gasteiger partial charge is 0.227 e. The van der Waals surface area contributed by atoms with Crippen molar-refractivity contribution in [1.82, 2.24) is 10.2 Å². The van der Waals surface area contributed by atoms with Crippen LogP contribution >= 0.6 is 0 Å². The van der Waals surface area contributed by atoms with Crippen molar-refractivity contribution >= 4 is 5.91 Å². The minimum absolute atomic E-state index is 0.0369. The highest BCUT2D eigenvalue weighted by Crippen LogP contribution is 2.30. The van der Waals surface area contributed by atoms with Gasteiger partial charge in [-0.05, 0) is 66.6 Å². The number of rotatable bonds is 6. The van der Waals surface area contributed by atoms with Crippen LogP contribution in [0.15, 0.2) is 42.5 Å². The molecule has 160 valence electrons. The van der Waals surface area contributed by atoms with Crippen LogP contribution in [0.25, 0.3) is 0 Å². The number of nitrogens with zero attached hydrogens (tertiary/aromatic N) is 1. The van der Waals surface area contributed by atoms with E-state index in [-0.39, 0.29) is 11.8 Å². The molecule has 0 aliphatic carbocycles. The van der Waals surface area contributed by atoms with Crippen LogP contribution < -0.4 is 14.8 Å². The Morgan fingerprint density at radius 2 is 2.00 bits per heavy atom. The summed E-state index contributed by atoms with van der Waals surface area (Å²) in [5.41, 5.74) is 3.49. The molecule has 2 heterocycles. The lowest BCUT2D eigenvalue weighted by molar-refractivity contribution is -0.126. The Balaban J connectivity index is 1.27. The van der Waals surface area contributed by atoms with Gasteiger partial charge in [-0.2, -0.15) is 0 Å². The molecule has 0 aromatic heterocycles. The van der Waals surface area contributed by atoms with E-state index in [1.54, 1.807) is 7.11 Å². The lowest BCUT2D eigenvalue weighted by Crippen LogP contribution is -2.37. The molecular formula is C25H32N2O3. The Morgan fingerprint density at radius 1 is 1.20 bits per heavy atom. The molecule has 0 bridgehead atoms. The summed E-state index contributed by atoms with van der Waals surface area (Å²) in [5, 5.41) is 3.07. The first-order valence-electron chi connectivity index (χ1n) is 11.0. The first-order valence-corrected chi connectivity index (χ1v) is 11.0. The predicted octanol–water partition coefficient (Wildman–Crippen LogP) is 3.79. The van der Waals surface area contributed by atoms with Crippen LogP contribution in [0.2, 0.25) is 0 Å². The molecule has 1 amide bonds. The van der Waals surface area contributed by atoms with Gasteiger partial charge in [0.15, 0.2) is 0 Å². The average molecular weight is 409 g/mol. The van der Waals surface area contributed by atoms with Crippen molar-refractivity contribution < 1.29 is 14.3 Å².